The molecule has 8 nitrogen and oxygen atoms in total. The van der Waals surface area contributed by atoms with Crippen molar-refractivity contribution in [2.45, 2.75) is 26.1 Å². The van der Waals surface area contributed by atoms with Crippen LogP contribution >= 0.6 is 11.6 Å². The van der Waals surface area contributed by atoms with Crippen LogP contribution in [-0.2, 0) is 23.8 Å². The number of Topliss-reactive ketones (excluding diaryl/α,β-unsaturated/α-hetero) is 1. The van der Waals surface area contributed by atoms with Crippen LogP contribution in [0.4, 0.5) is 0 Å². The van der Waals surface area contributed by atoms with Crippen molar-refractivity contribution in [3.05, 3.63) is 94.5 Å². The van der Waals surface area contributed by atoms with Gasteiger partial charge in [0.05, 0.1) is 39.5 Å². The number of esters is 2. The maximum absolute atomic E-state index is 14.4. The number of benzene rings is 3. The summed E-state index contributed by atoms with van der Waals surface area (Å²) < 4.78 is 28.5. The molecule has 0 bridgehead atoms. The number of methoxy groups -OCH3 is 2. The van der Waals surface area contributed by atoms with Gasteiger partial charge in [0, 0.05) is 10.6 Å². The Bertz CT molecular complexity index is 1340. The third-order valence-electron chi connectivity index (χ3n) is 6.97. The van der Waals surface area contributed by atoms with Crippen LogP contribution in [0.15, 0.2) is 72.8 Å². The molecule has 9 heteroatoms. The maximum atomic E-state index is 14.4. The monoisotopic (exact) mass is 566 g/mol. The fourth-order valence-electron chi connectivity index (χ4n) is 5.19. The molecular formula is C31H31ClO8. The summed E-state index contributed by atoms with van der Waals surface area (Å²) in [6.45, 7) is 3.20. The second-order valence-corrected chi connectivity index (χ2v) is 9.56. The second kappa shape index (κ2) is 12.5. The Morgan fingerprint density at radius 3 is 1.93 bits per heavy atom. The van der Waals surface area contributed by atoms with E-state index in [0.29, 0.717) is 33.2 Å². The van der Waals surface area contributed by atoms with E-state index < -0.39 is 41.3 Å². The molecule has 3 atom stereocenters. The van der Waals surface area contributed by atoms with Gasteiger partial charge in [0.15, 0.2) is 17.3 Å². The van der Waals surface area contributed by atoms with Gasteiger partial charge in [-0.1, -0.05) is 60.1 Å². The van der Waals surface area contributed by atoms with E-state index in [9.17, 15) is 14.4 Å². The molecular weight excluding hydrogens is 536 g/mol. The van der Waals surface area contributed by atoms with Crippen LogP contribution in [0.3, 0.4) is 0 Å². The molecule has 0 N–H and O–H groups in total. The summed E-state index contributed by atoms with van der Waals surface area (Å²) in [5, 5.41) is 0.452. The number of ketones is 1. The van der Waals surface area contributed by atoms with Crippen molar-refractivity contribution in [2.75, 3.05) is 27.4 Å². The van der Waals surface area contributed by atoms with Crippen LogP contribution in [0.2, 0.25) is 5.02 Å². The zero-order valence-electron chi connectivity index (χ0n) is 22.7. The third kappa shape index (κ3) is 5.17. The van der Waals surface area contributed by atoms with E-state index >= 15 is 0 Å². The first-order valence-electron chi connectivity index (χ1n) is 12.9. The van der Waals surface area contributed by atoms with Crippen molar-refractivity contribution in [1.82, 2.24) is 0 Å². The van der Waals surface area contributed by atoms with Gasteiger partial charge < -0.3 is 23.7 Å². The number of carbonyl (C=O) groups is 3. The molecule has 3 aromatic carbocycles. The Morgan fingerprint density at radius 1 is 0.800 bits per heavy atom. The number of ether oxygens (including phenoxy) is 5. The van der Waals surface area contributed by atoms with Crippen LogP contribution in [0.5, 0.6) is 11.5 Å². The van der Waals surface area contributed by atoms with Gasteiger partial charge in [-0.25, -0.2) is 0 Å². The molecule has 0 aliphatic carbocycles. The average molecular weight is 567 g/mol. The van der Waals surface area contributed by atoms with Crippen molar-refractivity contribution in [3.63, 3.8) is 0 Å². The molecule has 1 heterocycles. The molecule has 1 fully saturated rings. The van der Waals surface area contributed by atoms with E-state index in [-0.39, 0.29) is 13.2 Å². The number of halogens is 1. The molecule has 0 unspecified atom stereocenters. The molecule has 1 aliphatic heterocycles. The van der Waals surface area contributed by atoms with Gasteiger partial charge in [-0.05, 0) is 49.2 Å². The fraction of sp³-hybridized carbons (Fsp3) is 0.323. The van der Waals surface area contributed by atoms with E-state index in [1.807, 2.05) is 0 Å². The molecule has 210 valence electrons. The van der Waals surface area contributed by atoms with Gasteiger partial charge in [-0.2, -0.15) is 0 Å². The highest BCUT2D eigenvalue weighted by Gasteiger charge is 2.70. The predicted octanol–water partition coefficient (Wildman–Crippen LogP) is 5.78. The van der Waals surface area contributed by atoms with Gasteiger partial charge in [-0.15, -0.1) is 0 Å². The Morgan fingerprint density at radius 2 is 1.38 bits per heavy atom. The molecule has 0 spiro atoms. The Kier molecular flexibility index (Phi) is 9.12. The molecule has 0 amide bonds. The van der Waals surface area contributed by atoms with Gasteiger partial charge in [-0.3, -0.25) is 14.4 Å². The minimum absolute atomic E-state index is 0.0272. The highest BCUT2D eigenvalue weighted by molar-refractivity contribution is 6.30. The molecule has 40 heavy (non-hydrogen) atoms. The van der Waals surface area contributed by atoms with Crippen molar-refractivity contribution >= 4 is 29.3 Å². The average Bonchev–Trinajstić information content (AvgIpc) is 3.34. The lowest BCUT2D eigenvalue weighted by Gasteiger charge is -2.33. The van der Waals surface area contributed by atoms with Gasteiger partial charge in [0.2, 0.25) is 5.41 Å². The van der Waals surface area contributed by atoms with Gasteiger partial charge >= 0.3 is 11.9 Å². The lowest BCUT2D eigenvalue weighted by molar-refractivity contribution is -0.178. The lowest BCUT2D eigenvalue weighted by Crippen LogP contribution is -2.51. The molecule has 3 aromatic rings. The maximum Gasteiger partial charge on any atom is 0.327 e. The summed E-state index contributed by atoms with van der Waals surface area (Å²) in [7, 11) is 3.00. The number of rotatable bonds is 10. The summed E-state index contributed by atoms with van der Waals surface area (Å²) in [5.41, 5.74) is -0.915. The smallest absolute Gasteiger partial charge is 0.327 e. The van der Waals surface area contributed by atoms with Crippen molar-refractivity contribution in [3.8, 4) is 11.5 Å². The zero-order chi connectivity index (χ0) is 28.9. The number of carbonyl (C=O) groups excluding carboxylic acids is 3. The van der Waals surface area contributed by atoms with Gasteiger partial charge in [0.25, 0.3) is 0 Å². The summed E-state index contributed by atoms with van der Waals surface area (Å²) in [6.07, 6.45) is -2.30. The molecule has 0 radical (unpaired) electrons. The fourth-order valence-corrected chi connectivity index (χ4v) is 5.32. The normalized spacial score (nSPS) is 19.5. The zero-order valence-corrected chi connectivity index (χ0v) is 23.5. The first kappa shape index (κ1) is 29.1. The van der Waals surface area contributed by atoms with E-state index in [0.717, 1.165) is 0 Å². The van der Waals surface area contributed by atoms with Crippen molar-refractivity contribution in [1.29, 1.82) is 0 Å². The minimum atomic E-state index is -2.18. The largest absolute Gasteiger partial charge is 0.493 e. The Labute approximate surface area is 238 Å². The highest BCUT2D eigenvalue weighted by atomic mass is 35.5. The van der Waals surface area contributed by atoms with Crippen molar-refractivity contribution < 1.29 is 38.1 Å². The standard InChI is InChI=1S/C31H31ClO8/c1-5-38-29(34)31(30(35)39-6-2)25(26(33)19-10-8-7-9-11-19)27(21-14-17-23(36-3)24(18-21)37-4)40-28(31)20-12-15-22(32)16-13-20/h7-18,25,27-28H,5-6H2,1-4H3/t25-,27-,28+/m1/s1. The first-order valence-corrected chi connectivity index (χ1v) is 13.3. The predicted molar refractivity (Wildman–Crippen MR) is 148 cm³/mol. The number of hydrogen-bond acceptors (Lipinski definition) is 8. The SMILES string of the molecule is CCOC(=O)C1(C(=O)OCC)[C@H](C(=O)c2ccccc2)[C@@H](c2ccc(OC)c(OC)c2)O[C@H]1c1ccc(Cl)cc1. The summed E-state index contributed by atoms with van der Waals surface area (Å²) in [4.78, 5) is 42.5. The van der Waals surface area contributed by atoms with Crippen LogP contribution in [0.1, 0.15) is 47.5 Å². The Hall–Kier alpha value is -3.88. The van der Waals surface area contributed by atoms with Crippen LogP contribution in [0.25, 0.3) is 0 Å². The Balaban J connectivity index is 2.04. The molecule has 1 saturated heterocycles. The van der Waals surface area contributed by atoms with Crippen LogP contribution in [0, 0.1) is 11.3 Å². The lowest BCUT2D eigenvalue weighted by atomic mass is 9.66. The number of hydrogen-bond donors (Lipinski definition) is 0. The van der Waals surface area contributed by atoms with E-state index in [1.54, 1.807) is 86.6 Å². The van der Waals surface area contributed by atoms with Crippen LogP contribution < -0.4 is 9.47 Å². The molecule has 4 rings (SSSR count). The minimum Gasteiger partial charge on any atom is -0.493 e. The van der Waals surface area contributed by atoms with E-state index in [1.165, 1.54) is 14.2 Å². The van der Waals surface area contributed by atoms with E-state index in [4.69, 9.17) is 35.3 Å². The summed E-state index contributed by atoms with van der Waals surface area (Å²) >= 11 is 6.16. The highest BCUT2D eigenvalue weighted by Crippen LogP contribution is 2.60. The first-order chi connectivity index (χ1) is 19.3. The van der Waals surface area contributed by atoms with Gasteiger partial charge in [0.1, 0.15) is 6.10 Å². The van der Waals surface area contributed by atoms with E-state index in [2.05, 4.69) is 0 Å². The molecule has 0 saturated carbocycles. The quantitative estimate of drug-likeness (QED) is 0.173. The third-order valence-corrected chi connectivity index (χ3v) is 7.22. The molecule has 0 aromatic heterocycles. The van der Waals surface area contributed by atoms with Crippen LogP contribution in [-0.4, -0.2) is 45.2 Å². The van der Waals surface area contributed by atoms with Crippen molar-refractivity contribution in [2.24, 2.45) is 11.3 Å². The summed E-state index contributed by atoms with van der Waals surface area (Å²) in [5.74, 6) is -2.80. The second-order valence-electron chi connectivity index (χ2n) is 9.12. The molecule has 1 aliphatic rings. The summed E-state index contributed by atoms with van der Waals surface area (Å²) in [6, 6.07) is 20.1. The topological polar surface area (TPSA) is 97.4 Å².